The van der Waals surface area contributed by atoms with Crippen LogP contribution in [0.25, 0.3) is 0 Å². The van der Waals surface area contributed by atoms with Gasteiger partial charge in [0.25, 0.3) is 0 Å². The summed E-state index contributed by atoms with van der Waals surface area (Å²) in [6.07, 6.45) is 2.19. The predicted molar refractivity (Wildman–Crippen MR) is 89.9 cm³/mol. The highest BCUT2D eigenvalue weighted by molar-refractivity contribution is 6.30. The molecule has 0 atom stereocenters. The van der Waals surface area contributed by atoms with Crippen LogP contribution in [0.5, 0.6) is 5.75 Å². The first-order valence-electron chi connectivity index (χ1n) is 7.18. The number of esters is 1. The normalized spacial score (nSPS) is 10.3. The van der Waals surface area contributed by atoms with Gasteiger partial charge >= 0.3 is 5.97 Å². The number of carbonyl (C=O) groups excluding carboxylic acids is 1. The van der Waals surface area contributed by atoms with Gasteiger partial charge in [0.05, 0.1) is 0 Å². The first-order chi connectivity index (χ1) is 11.2. The number of hydrogen-bond donors (Lipinski definition) is 0. The topological polar surface area (TPSA) is 39.2 Å². The van der Waals surface area contributed by atoms with Gasteiger partial charge in [0.1, 0.15) is 11.4 Å². The Hall–Kier alpha value is -2.65. The van der Waals surface area contributed by atoms with Crippen molar-refractivity contribution in [1.82, 2.24) is 4.98 Å². The summed E-state index contributed by atoms with van der Waals surface area (Å²) >= 11 is 6.08. The third kappa shape index (κ3) is 3.96. The quantitative estimate of drug-likeness (QED) is 0.522. The summed E-state index contributed by atoms with van der Waals surface area (Å²) in [7, 11) is 0. The average molecular weight is 324 g/mol. The zero-order valence-electron chi connectivity index (χ0n) is 12.3. The molecule has 0 saturated carbocycles. The number of rotatable bonds is 4. The van der Waals surface area contributed by atoms with Gasteiger partial charge in [-0.25, -0.2) is 9.78 Å². The van der Waals surface area contributed by atoms with Crippen LogP contribution in [0.1, 0.15) is 21.6 Å². The summed E-state index contributed by atoms with van der Waals surface area (Å²) in [5.74, 6) is 0.0103. The summed E-state index contributed by atoms with van der Waals surface area (Å²) in [6.45, 7) is 0. The molecule has 0 amide bonds. The number of hydrogen-bond acceptors (Lipinski definition) is 3. The average Bonchev–Trinajstić information content (AvgIpc) is 2.59. The van der Waals surface area contributed by atoms with Crippen molar-refractivity contribution in [3.8, 4) is 5.75 Å². The Bertz CT molecular complexity index is 804. The van der Waals surface area contributed by atoms with E-state index in [0.29, 0.717) is 17.2 Å². The van der Waals surface area contributed by atoms with Crippen molar-refractivity contribution in [2.45, 2.75) is 6.42 Å². The van der Waals surface area contributed by atoms with E-state index in [0.717, 1.165) is 11.1 Å². The molecule has 3 nitrogen and oxygen atoms in total. The lowest BCUT2D eigenvalue weighted by atomic mass is 10.0. The van der Waals surface area contributed by atoms with Crippen LogP contribution in [0.3, 0.4) is 0 Å². The van der Waals surface area contributed by atoms with Crippen molar-refractivity contribution >= 4 is 17.6 Å². The van der Waals surface area contributed by atoms with E-state index in [9.17, 15) is 4.79 Å². The first kappa shape index (κ1) is 15.3. The second-order valence-corrected chi connectivity index (χ2v) is 5.46. The SMILES string of the molecule is O=C(Oc1ccc(Cl)cc1Cc1ccccc1)c1ccccn1. The summed E-state index contributed by atoms with van der Waals surface area (Å²) < 4.78 is 5.50. The molecule has 1 heterocycles. The maximum Gasteiger partial charge on any atom is 0.362 e. The van der Waals surface area contributed by atoms with Gasteiger partial charge in [0.15, 0.2) is 0 Å². The van der Waals surface area contributed by atoms with Gasteiger partial charge in [0.2, 0.25) is 0 Å². The van der Waals surface area contributed by atoms with Crippen molar-refractivity contribution in [3.63, 3.8) is 0 Å². The van der Waals surface area contributed by atoms with Crippen molar-refractivity contribution in [2.75, 3.05) is 0 Å². The van der Waals surface area contributed by atoms with Crippen LogP contribution >= 0.6 is 11.6 Å². The lowest BCUT2D eigenvalue weighted by Crippen LogP contribution is -2.11. The molecule has 0 aliphatic heterocycles. The molecule has 0 N–H and O–H groups in total. The maximum atomic E-state index is 12.2. The Balaban J connectivity index is 1.86. The van der Waals surface area contributed by atoms with E-state index in [1.165, 1.54) is 0 Å². The van der Waals surface area contributed by atoms with Crippen LogP contribution in [0.4, 0.5) is 0 Å². The molecule has 0 aliphatic rings. The van der Waals surface area contributed by atoms with Gasteiger partial charge in [-0.3, -0.25) is 0 Å². The smallest absolute Gasteiger partial charge is 0.362 e. The molecule has 0 radical (unpaired) electrons. The van der Waals surface area contributed by atoms with E-state index >= 15 is 0 Å². The van der Waals surface area contributed by atoms with Crippen molar-refractivity contribution < 1.29 is 9.53 Å². The van der Waals surface area contributed by atoms with E-state index in [2.05, 4.69) is 4.98 Å². The Labute approximate surface area is 139 Å². The number of nitrogens with zero attached hydrogens (tertiary/aromatic N) is 1. The number of carbonyl (C=O) groups is 1. The van der Waals surface area contributed by atoms with Crippen molar-refractivity contribution in [2.24, 2.45) is 0 Å². The van der Waals surface area contributed by atoms with E-state index in [1.54, 1.807) is 36.5 Å². The second kappa shape index (κ2) is 7.07. The Morgan fingerprint density at radius 2 is 1.78 bits per heavy atom. The largest absolute Gasteiger partial charge is 0.421 e. The van der Waals surface area contributed by atoms with E-state index in [4.69, 9.17) is 16.3 Å². The number of aromatic nitrogens is 1. The summed E-state index contributed by atoms with van der Waals surface area (Å²) in [5.41, 5.74) is 2.24. The fourth-order valence-electron chi connectivity index (χ4n) is 2.24. The van der Waals surface area contributed by atoms with Gasteiger partial charge in [-0.2, -0.15) is 0 Å². The van der Waals surface area contributed by atoms with Gasteiger partial charge < -0.3 is 4.74 Å². The van der Waals surface area contributed by atoms with Crippen LogP contribution in [-0.4, -0.2) is 11.0 Å². The monoisotopic (exact) mass is 323 g/mol. The summed E-state index contributed by atoms with van der Waals surface area (Å²) in [4.78, 5) is 16.2. The van der Waals surface area contributed by atoms with Crippen molar-refractivity contribution in [1.29, 1.82) is 0 Å². The second-order valence-electron chi connectivity index (χ2n) is 5.02. The predicted octanol–water partition coefficient (Wildman–Crippen LogP) is 4.55. The van der Waals surface area contributed by atoms with Gasteiger partial charge in [-0.15, -0.1) is 0 Å². The number of ether oxygens (including phenoxy) is 1. The molecule has 23 heavy (non-hydrogen) atoms. The van der Waals surface area contributed by atoms with Gasteiger partial charge in [-0.05, 0) is 35.9 Å². The zero-order chi connectivity index (χ0) is 16.1. The molecule has 0 bridgehead atoms. The van der Waals surface area contributed by atoms with Crippen molar-refractivity contribution in [3.05, 3.63) is 94.8 Å². The zero-order valence-corrected chi connectivity index (χ0v) is 13.0. The molecular weight excluding hydrogens is 310 g/mol. The Kier molecular flexibility index (Phi) is 4.69. The molecule has 2 aromatic carbocycles. The molecule has 114 valence electrons. The molecule has 3 aromatic rings. The molecule has 0 saturated heterocycles. The van der Waals surface area contributed by atoms with Crippen LogP contribution in [0.2, 0.25) is 5.02 Å². The molecule has 1 aromatic heterocycles. The standard InChI is InChI=1S/C19H14ClNO2/c20-16-9-10-18(23-19(22)17-8-4-5-11-21-17)15(13-16)12-14-6-2-1-3-7-14/h1-11,13H,12H2. The molecule has 0 unspecified atom stereocenters. The number of benzene rings is 2. The van der Waals surface area contributed by atoms with E-state index < -0.39 is 5.97 Å². The molecule has 0 spiro atoms. The lowest BCUT2D eigenvalue weighted by molar-refractivity contribution is 0.0727. The van der Waals surface area contributed by atoms with Gasteiger partial charge in [-0.1, -0.05) is 48.0 Å². The third-order valence-corrected chi connectivity index (χ3v) is 3.57. The maximum absolute atomic E-state index is 12.2. The summed E-state index contributed by atoms with van der Waals surface area (Å²) in [5, 5.41) is 0.605. The Morgan fingerprint density at radius 1 is 1.00 bits per heavy atom. The van der Waals surface area contributed by atoms with Crippen LogP contribution in [0, 0.1) is 0 Å². The molecule has 0 aliphatic carbocycles. The highest BCUT2D eigenvalue weighted by Gasteiger charge is 2.13. The highest BCUT2D eigenvalue weighted by atomic mass is 35.5. The number of pyridine rings is 1. The van der Waals surface area contributed by atoms with Crippen LogP contribution < -0.4 is 4.74 Å². The minimum atomic E-state index is -0.484. The molecule has 0 fully saturated rings. The summed E-state index contributed by atoms with van der Waals surface area (Å²) in [6, 6.07) is 20.3. The van der Waals surface area contributed by atoms with Crippen LogP contribution in [-0.2, 0) is 6.42 Å². The lowest BCUT2D eigenvalue weighted by Gasteiger charge is -2.10. The van der Waals surface area contributed by atoms with Gasteiger partial charge in [0, 0.05) is 23.2 Å². The minimum absolute atomic E-state index is 0.271. The first-order valence-corrected chi connectivity index (χ1v) is 7.56. The molecule has 4 heteroatoms. The van der Waals surface area contributed by atoms with Crippen LogP contribution in [0.15, 0.2) is 72.9 Å². The number of halogens is 1. The molecule has 3 rings (SSSR count). The Morgan fingerprint density at radius 3 is 2.52 bits per heavy atom. The van der Waals surface area contributed by atoms with E-state index in [-0.39, 0.29) is 5.69 Å². The highest BCUT2D eigenvalue weighted by Crippen LogP contribution is 2.26. The van der Waals surface area contributed by atoms with E-state index in [1.807, 2.05) is 36.4 Å². The minimum Gasteiger partial charge on any atom is -0.421 e. The molecular formula is C19H14ClNO2. The third-order valence-electron chi connectivity index (χ3n) is 3.34. The fraction of sp³-hybridized carbons (Fsp3) is 0.0526. The fourth-order valence-corrected chi connectivity index (χ4v) is 2.43.